The molecule has 0 amide bonds. The summed E-state index contributed by atoms with van der Waals surface area (Å²) in [5, 5.41) is 1.54. The summed E-state index contributed by atoms with van der Waals surface area (Å²) < 4.78 is 26.5. The van der Waals surface area contributed by atoms with E-state index in [1.807, 2.05) is 30.5 Å². The molecule has 0 fully saturated rings. The molecule has 1 heterocycles. The van der Waals surface area contributed by atoms with Gasteiger partial charge in [0.15, 0.2) is 0 Å². The van der Waals surface area contributed by atoms with Gasteiger partial charge in [-0.05, 0) is 35.9 Å². The van der Waals surface area contributed by atoms with Gasteiger partial charge in [0.25, 0.3) is 0 Å². The molecule has 1 aromatic heterocycles. The van der Waals surface area contributed by atoms with Crippen LogP contribution in [0.15, 0.2) is 59.6 Å². The molecular formula is C16H15ClN2O2S. The van der Waals surface area contributed by atoms with Gasteiger partial charge in [-0.2, -0.15) is 4.31 Å². The van der Waals surface area contributed by atoms with Crippen molar-refractivity contribution < 1.29 is 8.42 Å². The number of nitrogens with one attached hydrogen (secondary N) is 1. The number of halogens is 1. The normalized spacial score (nSPS) is 12.1. The van der Waals surface area contributed by atoms with Crippen LogP contribution in [0.4, 0.5) is 0 Å². The van der Waals surface area contributed by atoms with Crippen LogP contribution in [-0.2, 0) is 16.6 Å². The number of H-pyrrole nitrogens is 1. The zero-order valence-electron chi connectivity index (χ0n) is 12.0. The molecule has 0 saturated heterocycles. The topological polar surface area (TPSA) is 53.2 Å². The minimum absolute atomic E-state index is 0.235. The van der Waals surface area contributed by atoms with Gasteiger partial charge in [-0.1, -0.05) is 29.8 Å². The molecule has 3 aromatic rings. The number of para-hydroxylation sites is 1. The fraction of sp³-hybridized carbons (Fsp3) is 0.125. The van der Waals surface area contributed by atoms with Crippen LogP contribution in [0.2, 0.25) is 5.02 Å². The van der Waals surface area contributed by atoms with Crippen molar-refractivity contribution in [3.8, 4) is 0 Å². The van der Waals surface area contributed by atoms with E-state index in [-0.39, 0.29) is 4.90 Å². The summed E-state index contributed by atoms with van der Waals surface area (Å²) in [6.07, 6.45) is 1.85. The van der Waals surface area contributed by atoms with E-state index in [1.54, 1.807) is 19.2 Å². The lowest BCUT2D eigenvalue weighted by molar-refractivity contribution is 0.468. The van der Waals surface area contributed by atoms with Crippen LogP contribution in [0.3, 0.4) is 0 Å². The average Bonchev–Trinajstić information content (AvgIpc) is 2.91. The van der Waals surface area contributed by atoms with Gasteiger partial charge in [0.1, 0.15) is 0 Å². The number of aromatic amines is 1. The van der Waals surface area contributed by atoms with E-state index in [9.17, 15) is 8.42 Å². The van der Waals surface area contributed by atoms with E-state index in [4.69, 9.17) is 11.6 Å². The second-order valence-electron chi connectivity index (χ2n) is 5.07. The van der Waals surface area contributed by atoms with E-state index in [2.05, 4.69) is 4.98 Å². The van der Waals surface area contributed by atoms with Crippen LogP contribution >= 0.6 is 11.6 Å². The Bertz CT molecular complexity index is 901. The van der Waals surface area contributed by atoms with Gasteiger partial charge in [-0.25, -0.2) is 8.42 Å². The minimum Gasteiger partial charge on any atom is -0.361 e. The van der Waals surface area contributed by atoms with Gasteiger partial charge < -0.3 is 4.98 Å². The Labute approximate surface area is 134 Å². The Balaban J connectivity index is 1.90. The number of sulfonamides is 1. The highest BCUT2D eigenvalue weighted by molar-refractivity contribution is 7.89. The lowest BCUT2D eigenvalue weighted by atomic mass is 10.2. The summed E-state index contributed by atoms with van der Waals surface area (Å²) in [6, 6.07) is 14.0. The second kappa shape index (κ2) is 5.76. The van der Waals surface area contributed by atoms with Crippen molar-refractivity contribution in [3.05, 3.63) is 65.3 Å². The number of benzene rings is 2. The van der Waals surface area contributed by atoms with Crippen LogP contribution in [0.5, 0.6) is 0 Å². The maximum absolute atomic E-state index is 12.6. The van der Waals surface area contributed by atoms with Crippen molar-refractivity contribution in [1.82, 2.24) is 9.29 Å². The lowest BCUT2D eigenvalue weighted by Gasteiger charge is -2.17. The van der Waals surface area contributed by atoms with E-state index < -0.39 is 10.0 Å². The largest absolute Gasteiger partial charge is 0.361 e. The highest BCUT2D eigenvalue weighted by Crippen LogP contribution is 2.23. The number of nitrogens with zero attached hydrogens (tertiary/aromatic N) is 1. The first-order valence-electron chi connectivity index (χ1n) is 6.75. The molecule has 0 aliphatic carbocycles. The molecule has 114 valence electrons. The van der Waals surface area contributed by atoms with E-state index in [1.165, 1.54) is 16.4 Å². The molecule has 0 radical (unpaired) electrons. The van der Waals surface area contributed by atoms with E-state index in [0.717, 1.165) is 16.5 Å². The van der Waals surface area contributed by atoms with Crippen molar-refractivity contribution >= 4 is 32.5 Å². The first-order valence-corrected chi connectivity index (χ1v) is 8.57. The smallest absolute Gasteiger partial charge is 0.243 e. The van der Waals surface area contributed by atoms with Crippen LogP contribution < -0.4 is 0 Å². The molecule has 22 heavy (non-hydrogen) atoms. The first-order chi connectivity index (χ1) is 10.5. The molecule has 0 saturated carbocycles. The molecule has 0 bridgehead atoms. The van der Waals surface area contributed by atoms with Crippen LogP contribution in [0.1, 0.15) is 5.56 Å². The van der Waals surface area contributed by atoms with Crippen molar-refractivity contribution in [2.75, 3.05) is 7.05 Å². The lowest BCUT2D eigenvalue weighted by Crippen LogP contribution is -2.26. The fourth-order valence-electron chi connectivity index (χ4n) is 2.37. The van der Waals surface area contributed by atoms with Gasteiger partial charge >= 0.3 is 0 Å². The Hall–Kier alpha value is -1.82. The first kappa shape index (κ1) is 15.1. The predicted octanol–water partition coefficient (Wildman–Crippen LogP) is 3.64. The third-order valence-electron chi connectivity index (χ3n) is 3.59. The summed E-state index contributed by atoms with van der Waals surface area (Å²) in [6.45, 7) is 0.301. The van der Waals surface area contributed by atoms with Gasteiger partial charge in [-0.15, -0.1) is 0 Å². The summed E-state index contributed by atoms with van der Waals surface area (Å²) in [5.41, 5.74) is 1.94. The monoisotopic (exact) mass is 334 g/mol. The molecule has 1 N–H and O–H groups in total. The number of hydrogen-bond acceptors (Lipinski definition) is 2. The Morgan fingerprint density at radius 1 is 1.09 bits per heavy atom. The molecule has 0 aliphatic rings. The summed E-state index contributed by atoms with van der Waals surface area (Å²) in [4.78, 5) is 3.39. The molecule has 0 atom stereocenters. The number of rotatable bonds is 4. The second-order valence-corrected chi connectivity index (χ2v) is 7.56. The Morgan fingerprint density at radius 3 is 2.50 bits per heavy atom. The van der Waals surface area contributed by atoms with Crippen LogP contribution in [-0.4, -0.2) is 24.8 Å². The molecule has 0 aliphatic heterocycles. The van der Waals surface area contributed by atoms with Crippen LogP contribution in [0, 0.1) is 0 Å². The zero-order chi connectivity index (χ0) is 15.7. The predicted molar refractivity (Wildman–Crippen MR) is 88.4 cm³/mol. The molecule has 3 rings (SSSR count). The Kier molecular flexibility index (Phi) is 3.95. The molecule has 4 nitrogen and oxygen atoms in total. The molecule has 0 unspecified atom stereocenters. The van der Waals surface area contributed by atoms with Gasteiger partial charge in [0.05, 0.1) is 4.90 Å². The highest BCUT2D eigenvalue weighted by atomic mass is 35.5. The van der Waals surface area contributed by atoms with Crippen LogP contribution in [0.25, 0.3) is 10.9 Å². The van der Waals surface area contributed by atoms with Crippen molar-refractivity contribution in [1.29, 1.82) is 0 Å². The molecular weight excluding hydrogens is 320 g/mol. The van der Waals surface area contributed by atoms with E-state index in [0.29, 0.717) is 11.6 Å². The molecule has 0 spiro atoms. The highest BCUT2D eigenvalue weighted by Gasteiger charge is 2.21. The van der Waals surface area contributed by atoms with Crippen molar-refractivity contribution in [3.63, 3.8) is 0 Å². The number of aromatic nitrogens is 1. The summed E-state index contributed by atoms with van der Waals surface area (Å²) >= 11 is 5.81. The third-order valence-corrected chi connectivity index (χ3v) is 5.66. The number of hydrogen-bond donors (Lipinski definition) is 1. The van der Waals surface area contributed by atoms with Gasteiger partial charge in [0.2, 0.25) is 10.0 Å². The third kappa shape index (κ3) is 2.75. The van der Waals surface area contributed by atoms with Crippen molar-refractivity contribution in [2.24, 2.45) is 0 Å². The minimum atomic E-state index is -3.54. The zero-order valence-corrected chi connectivity index (χ0v) is 13.5. The maximum atomic E-state index is 12.6. The van der Waals surface area contributed by atoms with Gasteiger partial charge in [-0.3, -0.25) is 0 Å². The quantitative estimate of drug-likeness (QED) is 0.792. The van der Waals surface area contributed by atoms with E-state index >= 15 is 0 Å². The van der Waals surface area contributed by atoms with Crippen molar-refractivity contribution in [2.45, 2.75) is 11.4 Å². The Morgan fingerprint density at radius 2 is 1.77 bits per heavy atom. The standard InChI is InChI=1S/C16H15ClN2O2S/c1-19(22(20,21)14-8-6-13(17)7-9-14)11-12-10-18-16-5-3-2-4-15(12)16/h2-10,18H,11H2,1H3. The summed E-state index contributed by atoms with van der Waals surface area (Å²) in [7, 11) is -1.96. The molecule has 2 aromatic carbocycles. The molecule has 6 heteroatoms. The van der Waals surface area contributed by atoms with Gasteiger partial charge in [0, 0.05) is 35.7 Å². The SMILES string of the molecule is CN(Cc1c[nH]c2ccccc12)S(=O)(=O)c1ccc(Cl)cc1. The number of fused-ring (bicyclic) bond motifs is 1. The average molecular weight is 335 g/mol. The summed E-state index contributed by atoms with van der Waals surface area (Å²) in [5.74, 6) is 0. The fourth-order valence-corrected chi connectivity index (χ4v) is 3.65. The maximum Gasteiger partial charge on any atom is 0.243 e.